The summed E-state index contributed by atoms with van der Waals surface area (Å²) in [6.07, 6.45) is 4.01. The number of unbranched alkanes of at least 4 members (excludes halogenated alkanes) is 1. The van der Waals surface area contributed by atoms with Crippen LogP contribution in [0.3, 0.4) is 0 Å². The van der Waals surface area contributed by atoms with Crippen molar-refractivity contribution in [2.45, 2.75) is 45.3 Å². The quantitative estimate of drug-likeness (QED) is 0.708. The molecule has 2 aromatic carbocycles. The first kappa shape index (κ1) is 13.4. The van der Waals surface area contributed by atoms with Crippen molar-refractivity contribution in [1.82, 2.24) is 0 Å². The molecule has 0 saturated heterocycles. The first-order valence-corrected chi connectivity index (χ1v) is 7.65. The second-order valence-electron chi connectivity index (χ2n) is 5.64. The zero-order valence-electron chi connectivity index (χ0n) is 12.3. The van der Waals surface area contributed by atoms with Crippen molar-refractivity contribution in [3.8, 4) is 11.1 Å². The molecule has 0 radical (unpaired) electrons. The Morgan fingerprint density at radius 1 is 0.950 bits per heavy atom. The van der Waals surface area contributed by atoms with Gasteiger partial charge in [-0.2, -0.15) is 0 Å². The van der Waals surface area contributed by atoms with Crippen LogP contribution in [-0.2, 0) is 4.74 Å². The third-order valence-corrected chi connectivity index (χ3v) is 4.11. The number of hydrogen-bond donors (Lipinski definition) is 0. The van der Waals surface area contributed by atoms with E-state index in [1.54, 1.807) is 0 Å². The maximum Gasteiger partial charge on any atom is 0.109 e. The van der Waals surface area contributed by atoms with E-state index in [2.05, 4.69) is 62.4 Å². The van der Waals surface area contributed by atoms with Gasteiger partial charge in [0.25, 0.3) is 0 Å². The average Bonchev–Trinajstić information content (AvgIpc) is 2.80. The van der Waals surface area contributed by atoms with Crippen LogP contribution < -0.4 is 0 Å². The second-order valence-corrected chi connectivity index (χ2v) is 5.64. The largest absolute Gasteiger partial charge is 0.366 e. The monoisotopic (exact) mass is 266 g/mol. The molecule has 20 heavy (non-hydrogen) atoms. The molecule has 0 saturated carbocycles. The minimum Gasteiger partial charge on any atom is -0.366 e. The van der Waals surface area contributed by atoms with E-state index in [4.69, 9.17) is 4.74 Å². The number of benzene rings is 2. The third kappa shape index (κ3) is 2.38. The van der Waals surface area contributed by atoms with Gasteiger partial charge in [0.05, 0.1) is 6.10 Å². The van der Waals surface area contributed by atoms with Gasteiger partial charge in [0.15, 0.2) is 0 Å². The predicted octanol–water partition coefficient (Wildman–Crippen LogP) is 5.35. The molecular formula is C19H22O. The first-order valence-electron chi connectivity index (χ1n) is 7.65. The fourth-order valence-electron chi connectivity index (χ4n) is 3.05. The molecule has 0 heterocycles. The fraction of sp³-hybridized carbons (Fsp3) is 0.368. The Balaban J connectivity index is 1.91. The van der Waals surface area contributed by atoms with E-state index in [1.807, 2.05) is 0 Å². The molecule has 1 aliphatic rings. The Morgan fingerprint density at radius 2 is 1.50 bits per heavy atom. The van der Waals surface area contributed by atoms with Gasteiger partial charge in [0, 0.05) is 0 Å². The lowest BCUT2D eigenvalue weighted by molar-refractivity contribution is 0.0158. The lowest BCUT2D eigenvalue weighted by Gasteiger charge is -2.20. The second kappa shape index (κ2) is 5.80. The molecule has 0 amide bonds. The molecule has 1 atom stereocenters. The van der Waals surface area contributed by atoms with Crippen LogP contribution in [0.1, 0.15) is 50.3 Å². The average molecular weight is 266 g/mol. The lowest BCUT2D eigenvalue weighted by atomic mass is 10.1. The summed E-state index contributed by atoms with van der Waals surface area (Å²) < 4.78 is 6.37. The molecule has 0 bridgehead atoms. The normalized spacial score (nSPS) is 14.9. The van der Waals surface area contributed by atoms with Crippen LogP contribution >= 0.6 is 0 Å². The van der Waals surface area contributed by atoms with E-state index in [9.17, 15) is 0 Å². The van der Waals surface area contributed by atoms with Gasteiger partial charge in [-0.3, -0.25) is 0 Å². The molecule has 1 aliphatic carbocycles. The summed E-state index contributed by atoms with van der Waals surface area (Å²) in [4.78, 5) is 0. The lowest BCUT2D eigenvalue weighted by Crippen LogP contribution is -2.13. The Morgan fingerprint density at radius 3 is 2.05 bits per heavy atom. The number of hydrogen-bond acceptors (Lipinski definition) is 1. The fourth-order valence-corrected chi connectivity index (χ4v) is 3.05. The summed E-state index contributed by atoms with van der Waals surface area (Å²) >= 11 is 0. The Labute approximate surface area is 121 Å². The number of rotatable bonds is 5. The van der Waals surface area contributed by atoms with Crippen molar-refractivity contribution in [2.75, 3.05) is 0 Å². The van der Waals surface area contributed by atoms with E-state index < -0.39 is 0 Å². The highest BCUT2D eigenvalue weighted by Gasteiger charge is 2.29. The topological polar surface area (TPSA) is 9.23 Å². The maximum absolute atomic E-state index is 6.37. The molecule has 1 heteroatoms. The van der Waals surface area contributed by atoms with E-state index in [-0.39, 0.29) is 6.10 Å². The summed E-state index contributed by atoms with van der Waals surface area (Å²) in [5.74, 6) is 0. The zero-order valence-corrected chi connectivity index (χ0v) is 12.3. The highest BCUT2D eigenvalue weighted by atomic mass is 16.5. The molecule has 3 rings (SSSR count). The van der Waals surface area contributed by atoms with Crippen molar-refractivity contribution in [2.24, 2.45) is 0 Å². The Hall–Kier alpha value is -1.60. The van der Waals surface area contributed by atoms with Crippen LogP contribution in [0.4, 0.5) is 0 Å². The SMILES string of the molecule is CCCCC(C)OC1c2ccccc2-c2ccccc21. The van der Waals surface area contributed by atoms with Crippen LogP contribution in [0.15, 0.2) is 48.5 Å². The zero-order chi connectivity index (χ0) is 13.9. The van der Waals surface area contributed by atoms with E-state index in [0.717, 1.165) is 6.42 Å². The molecule has 1 nitrogen and oxygen atoms in total. The van der Waals surface area contributed by atoms with Crippen LogP contribution in [-0.4, -0.2) is 6.10 Å². The van der Waals surface area contributed by atoms with E-state index in [1.165, 1.54) is 35.1 Å². The van der Waals surface area contributed by atoms with Gasteiger partial charge in [-0.25, -0.2) is 0 Å². The van der Waals surface area contributed by atoms with Crippen molar-refractivity contribution in [1.29, 1.82) is 0 Å². The van der Waals surface area contributed by atoms with Crippen molar-refractivity contribution < 1.29 is 4.74 Å². The number of fused-ring (bicyclic) bond motifs is 3. The highest BCUT2D eigenvalue weighted by molar-refractivity contribution is 5.78. The molecule has 0 aromatic heterocycles. The molecule has 0 spiro atoms. The van der Waals surface area contributed by atoms with Crippen LogP contribution in [0.5, 0.6) is 0 Å². The van der Waals surface area contributed by atoms with Gasteiger partial charge >= 0.3 is 0 Å². The van der Waals surface area contributed by atoms with Gasteiger partial charge in [0.1, 0.15) is 6.10 Å². The Kier molecular flexibility index (Phi) is 3.88. The van der Waals surface area contributed by atoms with E-state index >= 15 is 0 Å². The van der Waals surface area contributed by atoms with Crippen molar-refractivity contribution >= 4 is 0 Å². The van der Waals surface area contributed by atoms with E-state index in [0.29, 0.717) is 6.10 Å². The van der Waals surface area contributed by atoms with Crippen LogP contribution in [0.25, 0.3) is 11.1 Å². The molecule has 1 unspecified atom stereocenters. The standard InChI is InChI=1S/C19H22O/c1-3-4-9-14(2)20-19-17-12-7-5-10-15(17)16-11-6-8-13-18(16)19/h5-8,10-14,19H,3-4,9H2,1-2H3. The molecule has 0 N–H and O–H groups in total. The van der Waals surface area contributed by atoms with Crippen LogP contribution in [0, 0.1) is 0 Å². The number of ether oxygens (including phenoxy) is 1. The Bertz CT molecular complexity index is 542. The summed E-state index contributed by atoms with van der Waals surface area (Å²) in [6, 6.07) is 17.2. The van der Waals surface area contributed by atoms with Gasteiger partial charge in [-0.15, -0.1) is 0 Å². The van der Waals surface area contributed by atoms with Gasteiger partial charge in [0.2, 0.25) is 0 Å². The molecular weight excluding hydrogens is 244 g/mol. The molecule has 0 fully saturated rings. The predicted molar refractivity (Wildman–Crippen MR) is 83.8 cm³/mol. The molecule has 104 valence electrons. The first-order chi connectivity index (χ1) is 9.81. The minimum atomic E-state index is 0.106. The summed E-state index contributed by atoms with van der Waals surface area (Å²) in [5, 5.41) is 0. The van der Waals surface area contributed by atoms with Gasteiger partial charge < -0.3 is 4.74 Å². The highest BCUT2D eigenvalue weighted by Crippen LogP contribution is 2.45. The summed E-state index contributed by atoms with van der Waals surface area (Å²) in [6.45, 7) is 4.42. The molecule has 0 aliphatic heterocycles. The summed E-state index contributed by atoms with van der Waals surface area (Å²) in [5.41, 5.74) is 5.29. The van der Waals surface area contributed by atoms with Gasteiger partial charge in [-0.1, -0.05) is 68.3 Å². The maximum atomic E-state index is 6.37. The minimum absolute atomic E-state index is 0.106. The molecule has 2 aromatic rings. The smallest absolute Gasteiger partial charge is 0.109 e. The third-order valence-electron chi connectivity index (χ3n) is 4.11. The van der Waals surface area contributed by atoms with Crippen molar-refractivity contribution in [3.63, 3.8) is 0 Å². The van der Waals surface area contributed by atoms with Crippen molar-refractivity contribution in [3.05, 3.63) is 59.7 Å². The summed E-state index contributed by atoms with van der Waals surface area (Å²) in [7, 11) is 0. The van der Waals surface area contributed by atoms with Crippen LogP contribution in [0.2, 0.25) is 0 Å². The van der Waals surface area contributed by atoms with Gasteiger partial charge in [-0.05, 0) is 35.6 Å².